The fourth-order valence-electron chi connectivity index (χ4n) is 3.22. The van der Waals surface area contributed by atoms with Gasteiger partial charge in [-0.3, -0.25) is 4.79 Å². The summed E-state index contributed by atoms with van der Waals surface area (Å²) < 4.78 is 16.1. The van der Waals surface area contributed by atoms with Gasteiger partial charge >= 0.3 is 11.9 Å². The number of nitrogens with one attached hydrogen (secondary N) is 1. The molecule has 37 heavy (non-hydrogen) atoms. The minimum absolute atomic E-state index is 0.135. The van der Waals surface area contributed by atoms with E-state index in [2.05, 4.69) is 5.32 Å². The Kier molecular flexibility index (Phi) is 9.00. The number of anilines is 1. The van der Waals surface area contributed by atoms with Crippen molar-refractivity contribution in [3.8, 4) is 17.6 Å². The van der Waals surface area contributed by atoms with E-state index in [9.17, 15) is 19.6 Å². The smallest absolute Gasteiger partial charge is 0.338 e. The van der Waals surface area contributed by atoms with Crippen molar-refractivity contribution in [1.29, 1.82) is 5.26 Å². The molecule has 0 atom stereocenters. The highest BCUT2D eigenvalue weighted by molar-refractivity contribution is 6.09. The molecule has 3 aromatic rings. The number of carboxylic acid groups (broad SMARTS) is 1. The van der Waals surface area contributed by atoms with Gasteiger partial charge in [0.25, 0.3) is 5.91 Å². The lowest BCUT2D eigenvalue weighted by atomic mass is 10.1. The highest BCUT2D eigenvalue weighted by atomic mass is 16.5. The number of esters is 1. The first-order valence-corrected chi connectivity index (χ1v) is 11.2. The van der Waals surface area contributed by atoms with Gasteiger partial charge in [0.2, 0.25) is 0 Å². The van der Waals surface area contributed by atoms with Gasteiger partial charge < -0.3 is 24.6 Å². The van der Waals surface area contributed by atoms with Crippen LogP contribution in [0.4, 0.5) is 5.69 Å². The predicted octanol–water partition coefficient (Wildman–Crippen LogP) is 4.69. The summed E-state index contributed by atoms with van der Waals surface area (Å²) in [5, 5.41) is 21.1. The fourth-order valence-corrected chi connectivity index (χ4v) is 3.22. The quantitative estimate of drug-likeness (QED) is 0.232. The number of methoxy groups -OCH3 is 1. The molecule has 0 heterocycles. The van der Waals surface area contributed by atoms with Crippen molar-refractivity contribution in [3.63, 3.8) is 0 Å². The average Bonchev–Trinajstić information content (AvgIpc) is 2.91. The Balaban J connectivity index is 1.69. The molecule has 0 saturated carbocycles. The number of hydrogen-bond donors (Lipinski definition) is 2. The second-order valence-electron chi connectivity index (χ2n) is 7.62. The first-order valence-electron chi connectivity index (χ1n) is 11.2. The third-order valence-electron chi connectivity index (χ3n) is 5.11. The Morgan fingerprint density at radius 1 is 0.973 bits per heavy atom. The van der Waals surface area contributed by atoms with Crippen LogP contribution in [0.5, 0.6) is 11.5 Å². The van der Waals surface area contributed by atoms with Crippen LogP contribution in [-0.4, -0.2) is 36.7 Å². The van der Waals surface area contributed by atoms with Crippen LogP contribution in [0.1, 0.15) is 38.8 Å². The van der Waals surface area contributed by atoms with Gasteiger partial charge in [-0.15, -0.1) is 0 Å². The number of benzene rings is 3. The van der Waals surface area contributed by atoms with Gasteiger partial charge in [-0.1, -0.05) is 18.2 Å². The third kappa shape index (κ3) is 7.19. The molecule has 3 rings (SSSR count). The van der Waals surface area contributed by atoms with Crippen LogP contribution in [0.3, 0.4) is 0 Å². The molecular weight excluding hydrogens is 476 g/mol. The molecule has 9 nitrogen and oxygen atoms in total. The van der Waals surface area contributed by atoms with Gasteiger partial charge in [0.15, 0.2) is 11.5 Å². The molecule has 1 amide bonds. The molecule has 0 fully saturated rings. The summed E-state index contributed by atoms with van der Waals surface area (Å²) in [6.45, 7) is 2.16. The maximum absolute atomic E-state index is 12.6. The van der Waals surface area contributed by atoms with Gasteiger partial charge in [0.05, 0.1) is 24.8 Å². The van der Waals surface area contributed by atoms with Crippen molar-refractivity contribution < 1.29 is 33.7 Å². The summed E-state index contributed by atoms with van der Waals surface area (Å²) in [5.74, 6) is -1.25. The van der Waals surface area contributed by atoms with Crippen LogP contribution >= 0.6 is 0 Å². The number of rotatable bonds is 10. The van der Waals surface area contributed by atoms with Crippen molar-refractivity contribution in [2.24, 2.45) is 0 Å². The number of ether oxygens (including phenoxy) is 3. The van der Waals surface area contributed by atoms with Crippen LogP contribution in [0.2, 0.25) is 0 Å². The van der Waals surface area contributed by atoms with E-state index in [1.54, 1.807) is 49.4 Å². The zero-order valence-electron chi connectivity index (χ0n) is 20.2. The molecule has 0 spiro atoms. The van der Waals surface area contributed by atoms with Crippen LogP contribution < -0.4 is 14.8 Å². The zero-order valence-corrected chi connectivity index (χ0v) is 20.2. The minimum atomic E-state index is -1.00. The van der Waals surface area contributed by atoms with Crippen molar-refractivity contribution in [2.75, 3.05) is 19.0 Å². The minimum Gasteiger partial charge on any atom is -0.493 e. The lowest BCUT2D eigenvalue weighted by molar-refractivity contribution is -0.112. The Morgan fingerprint density at radius 3 is 2.24 bits per heavy atom. The predicted molar refractivity (Wildman–Crippen MR) is 135 cm³/mol. The Labute approximate surface area is 213 Å². The maximum atomic E-state index is 12.6. The summed E-state index contributed by atoms with van der Waals surface area (Å²) in [7, 11) is 1.47. The van der Waals surface area contributed by atoms with Crippen molar-refractivity contribution in [3.05, 3.63) is 94.6 Å². The molecular formula is C28H24N2O7. The topological polar surface area (TPSA) is 135 Å². The number of aromatic carboxylic acids is 1. The summed E-state index contributed by atoms with van der Waals surface area (Å²) >= 11 is 0. The van der Waals surface area contributed by atoms with Gasteiger partial charge in [-0.2, -0.15) is 5.26 Å². The maximum Gasteiger partial charge on any atom is 0.338 e. The molecule has 3 aromatic carbocycles. The van der Waals surface area contributed by atoms with Crippen molar-refractivity contribution >= 4 is 29.6 Å². The molecule has 188 valence electrons. The number of nitrogens with zero attached hydrogens (tertiary/aromatic N) is 1. The van der Waals surface area contributed by atoms with E-state index >= 15 is 0 Å². The number of carbonyl (C=O) groups is 3. The zero-order chi connectivity index (χ0) is 26.8. The Hall–Kier alpha value is -5.10. The summed E-state index contributed by atoms with van der Waals surface area (Å²) in [6.07, 6.45) is 1.42. The first kappa shape index (κ1) is 26.5. The van der Waals surface area contributed by atoms with E-state index in [1.165, 1.54) is 37.5 Å². The van der Waals surface area contributed by atoms with E-state index in [0.717, 1.165) is 5.56 Å². The molecule has 0 aliphatic carbocycles. The largest absolute Gasteiger partial charge is 0.493 e. The SMILES string of the molecule is CCOC(=O)c1ccc(NC(=O)/C(C#N)=C/c2ccc(OCc3ccc(C(=O)O)cc3)c(OC)c2)cc1. The van der Waals surface area contributed by atoms with E-state index in [-0.39, 0.29) is 24.4 Å². The number of carboxylic acids is 1. The molecule has 9 heteroatoms. The number of amides is 1. The van der Waals surface area contributed by atoms with E-state index in [0.29, 0.717) is 28.3 Å². The molecule has 0 aromatic heterocycles. The highest BCUT2D eigenvalue weighted by Gasteiger charge is 2.13. The van der Waals surface area contributed by atoms with Gasteiger partial charge in [-0.25, -0.2) is 9.59 Å². The molecule has 0 aliphatic heterocycles. The first-order chi connectivity index (χ1) is 17.8. The van der Waals surface area contributed by atoms with Crippen LogP contribution in [-0.2, 0) is 16.1 Å². The van der Waals surface area contributed by atoms with Gasteiger partial charge in [0.1, 0.15) is 18.2 Å². The molecule has 0 unspecified atom stereocenters. The van der Waals surface area contributed by atoms with Crippen LogP contribution in [0, 0.1) is 11.3 Å². The summed E-state index contributed by atoms with van der Waals surface area (Å²) in [6, 6.07) is 19.3. The second kappa shape index (κ2) is 12.6. The van der Waals surface area contributed by atoms with E-state index < -0.39 is 17.8 Å². The molecule has 2 N–H and O–H groups in total. The Morgan fingerprint density at radius 2 is 1.65 bits per heavy atom. The highest BCUT2D eigenvalue weighted by Crippen LogP contribution is 2.30. The second-order valence-corrected chi connectivity index (χ2v) is 7.62. The number of carbonyl (C=O) groups excluding carboxylic acids is 2. The molecule has 0 radical (unpaired) electrons. The van der Waals surface area contributed by atoms with Gasteiger partial charge in [0, 0.05) is 5.69 Å². The molecule has 0 bridgehead atoms. The fraction of sp³-hybridized carbons (Fsp3) is 0.143. The monoisotopic (exact) mass is 500 g/mol. The normalized spacial score (nSPS) is 10.7. The lowest BCUT2D eigenvalue weighted by Gasteiger charge is -2.12. The third-order valence-corrected chi connectivity index (χ3v) is 5.11. The summed E-state index contributed by atoms with van der Waals surface area (Å²) in [4.78, 5) is 35.4. The average molecular weight is 501 g/mol. The van der Waals surface area contributed by atoms with Crippen LogP contribution in [0.25, 0.3) is 6.08 Å². The lowest BCUT2D eigenvalue weighted by Crippen LogP contribution is -2.13. The van der Waals surface area contributed by atoms with Crippen molar-refractivity contribution in [1.82, 2.24) is 0 Å². The summed E-state index contributed by atoms with van der Waals surface area (Å²) in [5.41, 5.74) is 2.13. The van der Waals surface area contributed by atoms with Crippen LogP contribution in [0.15, 0.2) is 72.3 Å². The van der Waals surface area contributed by atoms with E-state index in [4.69, 9.17) is 19.3 Å². The number of hydrogen-bond acceptors (Lipinski definition) is 7. The van der Waals surface area contributed by atoms with E-state index in [1.807, 2.05) is 6.07 Å². The standard InChI is InChI=1S/C28H24N2O7/c1-3-36-28(34)21-9-11-23(12-10-21)30-26(31)22(16-29)14-19-6-13-24(25(15-19)35-2)37-17-18-4-7-20(8-5-18)27(32)33/h4-15H,3,17H2,1-2H3,(H,30,31)(H,32,33)/b22-14+. The van der Waals surface area contributed by atoms with Gasteiger partial charge in [-0.05, 0) is 72.7 Å². The Bertz CT molecular complexity index is 1350. The number of nitriles is 1. The molecule has 0 saturated heterocycles. The molecule has 0 aliphatic rings. The van der Waals surface area contributed by atoms with Crippen molar-refractivity contribution in [2.45, 2.75) is 13.5 Å².